The Labute approximate surface area is 186 Å². The summed E-state index contributed by atoms with van der Waals surface area (Å²) in [5.41, 5.74) is 4.31. The highest BCUT2D eigenvalue weighted by Crippen LogP contribution is 2.44. The molecule has 2 aromatic carbocycles. The second kappa shape index (κ2) is 8.01. The fourth-order valence-corrected chi connectivity index (χ4v) is 4.63. The van der Waals surface area contributed by atoms with Gasteiger partial charge >= 0.3 is 12.1 Å². The molecule has 2 bridgehead atoms. The van der Waals surface area contributed by atoms with Gasteiger partial charge in [0.05, 0.1) is 19.8 Å². The molecule has 32 heavy (non-hydrogen) atoms. The predicted octanol–water partition coefficient (Wildman–Crippen LogP) is 3.18. The number of aliphatic hydroxyl groups is 1. The van der Waals surface area contributed by atoms with Gasteiger partial charge in [0, 0.05) is 11.3 Å². The predicted molar refractivity (Wildman–Crippen MR) is 117 cm³/mol. The topological polar surface area (TPSA) is 86.3 Å². The van der Waals surface area contributed by atoms with Crippen molar-refractivity contribution in [2.45, 2.75) is 31.0 Å². The van der Waals surface area contributed by atoms with Gasteiger partial charge in [0.15, 0.2) is 0 Å². The van der Waals surface area contributed by atoms with Crippen LogP contribution < -0.4 is 5.32 Å². The summed E-state index contributed by atoms with van der Waals surface area (Å²) in [6.07, 6.45) is -0.540. The van der Waals surface area contributed by atoms with E-state index in [0.717, 1.165) is 22.3 Å². The molecule has 0 radical (unpaired) electrons. The number of fused-ring (bicyclic) bond motifs is 6. The van der Waals surface area contributed by atoms with Crippen molar-refractivity contribution < 1.29 is 28.8 Å². The molecule has 7 nitrogen and oxygen atoms in total. The molecule has 1 amide bonds. The zero-order valence-electron chi connectivity index (χ0n) is 18.0. The lowest BCUT2D eigenvalue weighted by atomic mass is 9.90. The van der Waals surface area contributed by atoms with Crippen LogP contribution in [-0.2, 0) is 18.9 Å². The minimum atomic E-state index is -1.57. The van der Waals surface area contributed by atoms with E-state index in [9.17, 15) is 9.90 Å². The quantitative estimate of drug-likeness (QED) is 0.675. The first kappa shape index (κ1) is 21.2. The van der Waals surface area contributed by atoms with Gasteiger partial charge in [0.2, 0.25) is 0 Å². The maximum absolute atomic E-state index is 12.8. The van der Waals surface area contributed by atoms with Crippen LogP contribution in [-0.4, -0.2) is 55.7 Å². The third kappa shape index (κ3) is 3.51. The summed E-state index contributed by atoms with van der Waals surface area (Å²) in [5, 5.41) is 13.2. The van der Waals surface area contributed by atoms with Gasteiger partial charge in [-0.2, -0.15) is 0 Å². The number of amides is 1. The van der Waals surface area contributed by atoms with E-state index >= 15 is 0 Å². The smallest absolute Gasteiger partial charge is 0.407 e. The number of rotatable bonds is 6. The van der Waals surface area contributed by atoms with Crippen LogP contribution in [0.4, 0.5) is 4.79 Å². The van der Waals surface area contributed by atoms with Gasteiger partial charge in [-0.05, 0) is 22.3 Å². The molecule has 7 heteroatoms. The summed E-state index contributed by atoms with van der Waals surface area (Å²) in [6.45, 7) is 6.98. The van der Waals surface area contributed by atoms with E-state index in [1.807, 2.05) is 31.2 Å². The SMILES string of the molecule is C=C[C@H](O)[C@H](NC(=O)OCC1c2ccccc2-c2ccccc21)C12OCC(C)(CO1)CO2. The van der Waals surface area contributed by atoms with E-state index in [2.05, 4.69) is 36.2 Å². The lowest BCUT2D eigenvalue weighted by molar-refractivity contribution is -0.476. The highest BCUT2D eigenvalue weighted by atomic mass is 16.9. The molecule has 0 aromatic heterocycles. The van der Waals surface area contributed by atoms with Crippen LogP contribution >= 0.6 is 0 Å². The molecular weight excluding hydrogens is 410 g/mol. The summed E-state index contributed by atoms with van der Waals surface area (Å²) < 4.78 is 23.0. The van der Waals surface area contributed by atoms with E-state index in [-0.39, 0.29) is 17.9 Å². The van der Waals surface area contributed by atoms with Crippen molar-refractivity contribution in [2.24, 2.45) is 5.41 Å². The monoisotopic (exact) mass is 437 g/mol. The standard InChI is InChI=1S/C25H27NO6/c1-3-21(27)22(25-30-13-24(2,14-31-25)15-32-25)26-23(28)29-12-20-18-10-6-4-8-16(18)17-9-5-7-11-19(17)20/h3-11,20-22,27H,1,12-15H2,2H3,(H,26,28)/t21-,22-,24?,25?/m0/s1. The summed E-state index contributed by atoms with van der Waals surface area (Å²) in [4.78, 5) is 12.8. The van der Waals surface area contributed by atoms with Crippen molar-refractivity contribution in [3.8, 4) is 11.1 Å². The Morgan fingerprint density at radius 1 is 1.12 bits per heavy atom. The van der Waals surface area contributed by atoms with Gasteiger partial charge in [-0.15, -0.1) is 6.58 Å². The second-order valence-electron chi connectivity index (χ2n) is 8.95. The van der Waals surface area contributed by atoms with Crippen LogP contribution in [0, 0.1) is 5.41 Å². The first-order valence-corrected chi connectivity index (χ1v) is 10.8. The lowest BCUT2D eigenvalue weighted by Crippen LogP contribution is -2.70. The third-order valence-electron chi connectivity index (χ3n) is 6.45. The van der Waals surface area contributed by atoms with E-state index in [1.54, 1.807) is 0 Å². The van der Waals surface area contributed by atoms with E-state index < -0.39 is 24.2 Å². The lowest BCUT2D eigenvalue weighted by Gasteiger charge is -2.53. The molecule has 1 aliphatic carbocycles. The van der Waals surface area contributed by atoms with E-state index in [4.69, 9.17) is 18.9 Å². The number of nitrogens with one attached hydrogen (secondary N) is 1. The molecule has 2 aromatic rings. The molecule has 3 heterocycles. The van der Waals surface area contributed by atoms with E-state index in [1.165, 1.54) is 6.08 Å². The summed E-state index contributed by atoms with van der Waals surface area (Å²) in [5.74, 6) is -1.64. The number of benzene rings is 2. The summed E-state index contributed by atoms with van der Waals surface area (Å²) in [6, 6.07) is 15.2. The minimum absolute atomic E-state index is 0.0668. The van der Waals surface area contributed by atoms with Crippen molar-refractivity contribution in [2.75, 3.05) is 26.4 Å². The maximum atomic E-state index is 12.8. The molecule has 168 valence electrons. The zero-order valence-corrected chi connectivity index (χ0v) is 18.0. The Bertz CT molecular complexity index is 967. The van der Waals surface area contributed by atoms with Crippen LogP contribution in [0.5, 0.6) is 0 Å². The molecule has 2 N–H and O–H groups in total. The van der Waals surface area contributed by atoms with Crippen LogP contribution in [0.25, 0.3) is 11.1 Å². The highest BCUT2D eigenvalue weighted by Gasteiger charge is 2.57. The largest absolute Gasteiger partial charge is 0.449 e. The van der Waals surface area contributed by atoms with Crippen LogP contribution in [0.3, 0.4) is 0 Å². The van der Waals surface area contributed by atoms with Crippen molar-refractivity contribution in [3.63, 3.8) is 0 Å². The highest BCUT2D eigenvalue weighted by molar-refractivity contribution is 5.79. The van der Waals surface area contributed by atoms with Gasteiger partial charge in [0.1, 0.15) is 18.8 Å². The number of hydrogen-bond donors (Lipinski definition) is 2. The molecule has 0 unspecified atom stereocenters. The molecule has 0 saturated carbocycles. The minimum Gasteiger partial charge on any atom is -0.449 e. The normalized spacial score (nSPS) is 27.8. The van der Waals surface area contributed by atoms with Crippen LogP contribution in [0.15, 0.2) is 61.2 Å². The van der Waals surface area contributed by atoms with E-state index in [0.29, 0.717) is 19.8 Å². The van der Waals surface area contributed by atoms with Crippen LogP contribution in [0.1, 0.15) is 24.0 Å². The van der Waals surface area contributed by atoms with Gasteiger partial charge in [-0.1, -0.05) is 61.5 Å². The number of carbonyl (C=O) groups excluding carboxylic acids is 1. The Hall–Kier alpha value is -2.71. The van der Waals surface area contributed by atoms with Gasteiger partial charge < -0.3 is 29.4 Å². The van der Waals surface area contributed by atoms with Gasteiger partial charge in [-0.3, -0.25) is 0 Å². The fourth-order valence-electron chi connectivity index (χ4n) is 4.63. The number of hydrogen-bond acceptors (Lipinski definition) is 6. The number of ether oxygens (including phenoxy) is 4. The zero-order chi connectivity index (χ0) is 22.3. The molecule has 3 fully saturated rings. The van der Waals surface area contributed by atoms with Crippen molar-refractivity contribution in [1.82, 2.24) is 5.32 Å². The maximum Gasteiger partial charge on any atom is 0.407 e. The van der Waals surface area contributed by atoms with Crippen molar-refractivity contribution in [3.05, 3.63) is 72.3 Å². The average Bonchev–Trinajstić information content (AvgIpc) is 3.15. The number of carbonyl (C=O) groups is 1. The van der Waals surface area contributed by atoms with Crippen molar-refractivity contribution >= 4 is 6.09 Å². The molecular formula is C25H27NO6. The second-order valence-corrected chi connectivity index (χ2v) is 8.95. The van der Waals surface area contributed by atoms with Gasteiger partial charge in [0.25, 0.3) is 0 Å². The molecule has 3 saturated heterocycles. The number of aliphatic hydroxyl groups excluding tert-OH is 1. The average molecular weight is 437 g/mol. The molecule has 4 aliphatic rings. The molecule has 6 rings (SSSR count). The first-order chi connectivity index (χ1) is 15.4. The number of alkyl carbamates (subject to hydrolysis) is 1. The molecule has 0 spiro atoms. The Morgan fingerprint density at radius 2 is 1.66 bits per heavy atom. The first-order valence-electron chi connectivity index (χ1n) is 10.8. The molecule has 2 atom stereocenters. The van der Waals surface area contributed by atoms with Crippen molar-refractivity contribution in [1.29, 1.82) is 0 Å². The van der Waals surface area contributed by atoms with Crippen LogP contribution in [0.2, 0.25) is 0 Å². The molecule has 3 aliphatic heterocycles. The fraction of sp³-hybridized carbons (Fsp3) is 0.400. The Balaban J connectivity index is 1.30. The summed E-state index contributed by atoms with van der Waals surface area (Å²) in [7, 11) is 0. The summed E-state index contributed by atoms with van der Waals surface area (Å²) >= 11 is 0. The van der Waals surface area contributed by atoms with Gasteiger partial charge in [-0.25, -0.2) is 4.79 Å². The third-order valence-corrected chi connectivity index (χ3v) is 6.45. The Morgan fingerprint density at radius 3 is 2.19 bits per heavy atom. The Kier molecular flexibility index (Phi) is 5.29.